The largest absolute Gasteiger partial charge is 0.325 e. The second kappa shape index (κ2) is 5.70. The van der Waals surface area contributed by atoms with Crippen LogP contribution in [-0.2, 0) is 14.4 Å². The molecule has 1 rings (SSSR count). The van der Waals surface area contributed by atoms with Crippen LogP contribution < -0.4 is 0 Å². The Bertz CT molecular complexity index is 556. The maximum atomic E-state index is 10.7. The van der Waals surface area contributed by atoms with E-state index in [9.17, 15) is 8.42 Å². The van der Waals surface area contributed by atoms with Gasteiger partial charge in [-0.15, -0.1) is 11.8 Å². The number of thioether (sulfide) groups is 1. The monoisotopic (exact) mass is 270 g/mol. The predicted octanol–water partition coefficient (Wildman–Crippen LogP) is 1.61. The summed E-state index contributed by atoms with van der Waals surface area (Å²) in [5.41, 5.74) is 0.428. The molecular weight excluding hydrogens is 260 g/mol. The molecule has 0 radical (unpaired) electrons. The topological polar surface area (TPSA) is 79.5 Å². The fourth-order valence-corrected chi connectivity index (χ4v) is 1.61. The number of hydrogen-bond donors (Lipinski definition) is 0. The van der Waals surface area contributed by atoms with Gasteiger partial charge in [-0.05, 0) is 18.4 Å². The number of oxime groups is 1. The summed E-state index contributed by atoms with van der Waals surface area (Å²) in [6.07, 6.45) is 2.80. The highest BCUT2D eigenvalue weighted by Crippen LogP contribution is 2.15. The van der Waals surface area contributed by atoms with Crippen molar-refractivity contribution in [2.24, 2.45) is 5.16 Å². The summed E-state index contributed by atoms with van der Waals surface area (Å²) in [6, 6.07) is 8.77. The fourth-order valence-electron chi connectivity index (χ4n) is 0.992. The lowest BCUT2D eigenvalue weighted by molar-refractivity contribution is 0.344. The van der Waals surface area contributed by atoms with Crippen LogP contribution >= 0.6 is 11.8 Å². The van der Waals surface area contributed by atoms with Gasteiger partial charge in [0.1, 0.15) is 6.07 Å². The van der Waals surface area contributed by atoms with E-state index in [-0.39, 0.29) is 5.71 Å². The van der Waals surface area contributed by atoms with E-state index in [0.717, 1.165) is 11.2 Å². The molecule has 0 unspecified atom stereocenters. The minimum Gasteiger partial charge on any atom is -0.267 e. The quantitative estimate of drug-likeness (QED) is 0.472. The second-order valence-corrected chi connectivity index (χ2v) is 5.50. The van der Waals surface area contributed by atoms with Crippen molar-refractivity contribution in [1.82, 2.24) is 0 Å². The van der Waals surface area contributed by atoms with Gasteiger partial charge in [-0.25, -0.2) is 0 Å². The van der Waals surface area contributed by atoms with E-state index in [4.69, 9.17) is 5.26 Å². The average Bonchev–Trinajstić information content (AvgIpc) is 2.29. The molecule has 0 saturated heterocycles. The number of nitriles is 1. The molecule has 0 aromatic heterocycles. The third-order valence-corrected chi connectivity index (χ3v) is 2.82. The Kier molecular flexibility index (Phi) is 4.54. The van der Waals surface area contributed by atoms with Gasteiger partial charge in [0.25, 0.3) is 0 Å². The lowest BCUT2D eigenvalue weighted by atomic mass is 10.1. The van der Waals surface area contributed by atoms with Gasteiger partial charge >= 0.3 is 10.1 Å². The van der Waals surface area contributed by atoms with Crippen molar-refractivity contribution < 1.29 is 12.7 Å². The summed E-state index contributed by atoms with van der Waals surface area (Å²) in [7, 11) is -3.69. The molecule has 0 spiro atoms. The van der Waals surface area contributed by atoms with Crippen LogP contribution in [0, 0.1) is 11.3 Å². The van der Waals surface area contributed by atoms with Crippen molar-refractivity contribution in [3.05, 3.63) is 29.8 Å². The van der Waals surface area contributed by atoms with E-state index in [1.54, 1.807) is 30.0 Å². The maximum absolute atomic E-state index is 10.7. The van der Waals surface area contributed by atoms with Gasteiger partial charge in [0.05, 0.1) is 6.26 Å². The smallest absolute Gasteiger partial charge is 0.267 e. The van der Waals surface area contributed by atoms with Crippen LogP contribution in [-0.4, -0.2) is 26.6 Å². The molecule has 0 aliphatic carbocycles. The zero-order chi connectivity index (χ0) is 12.9. The van der Waals surface area contributed by atoms with E-state index >= 15 is 0 Å². The highest BCUT2D eigenvalue weighted by molar-refractivity contribution is 7.98. The summed E-state index contributed by atoms with van der Waals surface area (Å²) in [6.45, 7) is 0. The fraction of sp³-hybridized carbons (Fsp3) is 0.200. The molecule has 90 valence electrons. The van der Waals surface area contributed by atoms with Gasteiger partial charge in [-0.2, -0.15) is 13.7 Å². The molecule has 0 saturated carbocycles. The van der Waals surface area contributed by atoms with Crippen molar-refractivity contribution >= 4 is 27.6 Å². The number of hydrogen-bond acceptors (Lipinski definition) is 6. The standard InChI is InChI=1S/C10H10N2O3S2/c1-16-9-5-3-8(4-6-9)10(7-11)12-15-17(2,13)14/h3-6H,1-2H3/b12-10+. The molecule has 1 aromatic carbocycles. The Morgan fingerprint density at radius 1 is 1.41 bits per heavy atom. The first-order chi connectivity index (χ1) is 7.96. The summed E-state index contributed by atoms with van der Waals surface area (Å²) >= 11 is 1.56. The number of benzene rings is 1. The van der Waals surface area contributed by atoms with Crippen molar-refractivity contribution in [2.45, 2.75) is 4.90 Å². The Morgan fingerprint density at radius 3 is 2.41 bits per heavy atom. The number of nitrogens with zero attached hydrogens (tertiary/aromatic N) is 2. The van der Waals surface area contributed by atoms with Crippen LogP contribution in [0.2, 0.25) is 0 Å². The highest BCUT2D eigenvalue weighted by atomic mass is 32.2. The van der Waals surface area contributed by atoms with E-state index in [1.165, 1.54) is 0 Å². The lowest BCUT2D eigenvalue weighted by Gasteiger charge is -2.00. The molecule has 0 fully saturated rings. The van der Waals surface area contributed by atoms with Crippen molar-refractivity contribution in [3.63, 3.8) is 0 Å². The minimum absolute atomic E-state index is 0.0805. The summed E-state index contributed by atoms with van der Waals surface area (Å²) in [5, 5.41) is 12.1. The molecule has 17 heavy (non-hydrogen) atoms. The first kappa shape index (κ1) is 13.5. The summed E-state index contributed by atoms with van der Waals surface area (Å²) in [4.78, 5) is 1.04. The Morgan fingerprint density at radius 2 is 2.00 bits per heavy atom. The SMILES string of the molecule is CSc1ccc(/C(C#N)=N/OS(C)(=O)=O)cc1. The third-order valence-electron chi connectivity index (χ3n) is 1.73. The minimum atomic E-state index is -3.69. The van der Waals surface area contributed by atoms with Crippen molar-refractivity contribution in [1.29, 1.82) is 5.26 Å². The highest BCUT2D eigenvalue weighted by Gasteiger charge is 2.06. The van der Waals surface area contributed by atoms with Gasteiger partial charge in [-0.3, -0.25) is 4.28 Å². The van der Waals surface area contributed by atoms with Crippen LogP contribution in [0.3, 0.4) is 0 Å². The molecule has 0 bridgehead atoms. The molecule has 0 aliphatic heterocycles. The van der Waals surface area contributed by atoms with Crippen molar-refractivity contribution in [2.75, 3.05) is 12.5 Å². The van der Waals surface area contributed by atoms with E-state index in [0.29, 0.717) is 5.56 Å². The zero-order valence-electron chi connectivity index (χ0n) is 9.25. The van der Waals surface area contributed by atoms with E-state index in [2.05, 4.69) is 9.44 Å². The van der Waals surface area contributed by atoms with Crippen molar-refractivity contribution in [3.8, 4) is 6.07 Å². The zero-order valence-corrected chi connectivity index (χ0v) is 10.9. The van der Waals surface area contributed by atoms with Crippen LogP contribution in [0.4, 0.5) is 0 Å². The van der Waals surface area contributed by atoms with Crippen LogP contribution in [0.5, 0.6) is 0 Å². The lowest BCUT2D eigenvalue weighted by Crippen LogP contribution is -2.03. The molecule has 0 aliphatic rings. The van der Waals surface area contributed by atoms with Gasteiger partial charge in [0, 0.05) is 10.5 Å². The van der Waals surface area contributed by atoms with Gasteiger partial charge in [0.2, 0.25) is 0 Å². The molecule has 0 heterocycles. The Hall–Kier alpha value is -1.52. The molecule has 0 amide bonds. The molecular formula is C10H10N2O3S2. The molecule has 7 heteroatoms. The van der Waals surface area contributed by atoms with Gasteiger partial charge in [-0.1, -0.05) is 17.3 Å². The van der Waals surface area contributed by atoms with Crippen LogP contribution in [0.25, 0.3) is 0 Å². The molecule has 0 N–H and O–H groups in total. The van der Waals surface area contributed by atoms with Crippen LogP contribution in [0.15, 0.2) is 34.3 Å². The molecule has 1 aromatic rings. The summed E-state index contributed by atoms with van der Waals surface area (Å²) in [5.74, 6) is 0. The third kappa shape index (κ3) is 4.46. The molecule has 5 nitrogen and oxygen atoms in total. The van der Waals surface area contributed by atoms with Crippen LogP contribution in [0.1, 0.15) is 5.56 Å². The molecule has 0 atom stereocenters. The summed E-state index contributed by atoms with van der Waals surface area (Å²) < 4.78 is 25.7. The van der Waals surface area contributed by atoms with Gasteiger partial charge in [0.15, 0.2) is 5.71 Å². The average molecular weight is 270 g/mol. The Labute approximate surface area is 104 Å². The van der Waals surface area contributed by atoms with E-state index < -0.39 is 10.1 Å². The predicted molar refractivity (Wildman–Crippen MR) is 66.3 cm³/mol. The number of rotatable bonds is 4. The first-order valence-corrected chi connectivity index (χ1v) is 7.51. The first-order valence-electron chi connectivity index (χ1n) is 4.47. The Balaban J connectivity index is 2.98. The second-order valence-electron chi connectivity index (χ2n) is 3.06. The van der Waals surface area contributed by atoms with Gasteiger partial charge < -0.3 is 0 Å². The van der Waals surface area contributed by atoms with E-state index in [1.807, 2.05) is 18.4 Å². The normalized spacial score (nSPS) is 11.9. The maximum Gasteiger partial charge on any atom is 0.325 e.